The zero-order chi connectivity index (χ0) is 30.6. The Bertz CT molecular complexity index is 1450. The van der Waals surface area contributed by atoms with E-state index >= 15 is 0 Å². The second kappa shape index (κ2) is 15.9. The number of rotatable bonds is 13. The molecule has 1 aliphatic heterocycles. The van der Waals surface area contributed by atoms with Gasteiger partial charge >= 0.3 is 0 Å². The number of fused-ring (bicyclic) bond motifs is 5. The first-order valence-corrected chi connectivity index (χ1v) is 15.2. The number of anilines is 1. The average molecular weight is 604 g/mol. The Kier molecular flexibility index (Phi) is 11.7. The first kappa shape index (κ1) is 31.8. The van der Waals surface area contributed by atoms with Crippen LogP contribution < -0.4 is 20.9 Å². The third-order valence-corrected chi connectivity index (χ3v) is 7.20. The number of nitrogens with zero attached hydrogens (tertiary/aromatic N) is 4. The summed E-state index contributed by atoms with van der Waals surface area (Å²) >= 11 is 0.998. The van der Waals surface area contributed by atoms with Gasteiger partial charge in [-0.15, -0.1) is 5.10 Å². The molecule has 0 bridgehead atoms. The van der Waals surface area contributed by atoms with E-state index in [-0.39, 0.29) is 55.7 Å². The maximum absolute atomic E-state index is 13.6. The molecule has 0 atom stereocenters. The minimum absolute atomic E-state index is 0.0887. The predicted octanol–water partition coefficient (Wildman–Crippen LogP) is 2.15. The number of aromatic nitrogens is 3. The van der Waals surface area contributed by atoms with E-state index in [0.717, 1.165) is 39.8 Å². The van der Waals surface area contributed by atoms with Crippen LogP contribution in [0.15, 0.2) is 48.5 Å². The van der Waals surface area contributed by atoms with E-state index in [1.807, 2.05) is 53.2 Å². The zero-order valence-corrected chi connectivity index (χ0v) is 24.8. The number of amides is 4. The molecule has 2 radical (unpaired) electrons. The van der Waals surface area contributed by atoms with E-state index in [0.29, 0.717) is 38.1 Å². The number of benzene rings is 2. The second-order valence-electron chi connectivity index (χ2n) is 9.65. The van der Waals surface area contributed by atoms with E-state index in [4.69, 9.17) is 12.6 Å². The van der Waals surface area contributed by atoms with Gasteiger partial charge in [-0.05, 0) is 24.3 Å². The molecule has 2 aromatic carbocycles. The summed E-state index contributed by atoms with van der Waals surface area (Å²) in [6, 6.07) is 15.5. The quantitative estimate of drug-likeness (QED) is 0.199. The molecule has 0 unspecified atom stereocenters. The maximum Gasteiger partial charge on any atom is 0.279 e. The number of ether oxygens (including phenoxy) is 1. The van der Waals surface area contributed by atoms with Gasteiger partial charge in [0.1, 0.15) is 12.3 Å². The van der Waals surface area contributed by atoms with E-state index in [2.05, 4.69) is 26.3 Å². The lowest BCUT2D eigenvalue weighted by molar-refractivity contribution is -0.126. The minimum Gasteiger partial charge on any atom is -0.372 e. The lowest BCUT2D eigenvalue weighted by Gasteiger charge is -2.28. The molecule has 1 aromatic heterocycles. The minimum atomic E-state index is -0.337. The van der Waals surface area contributed by atoms with Gasteiger partial charge in [0.15, 0.2) is 0 Å². The van der Waals surface area contributed by atoms with Crippen LogP contribution in [0.2, 0.25) is 6.32 Å². The highest BCUT2D eigenvalue weighted by Gasteiger charge is 2.28. The summed E-state index contributed by atoms with van der Waals surface area (Å²) in [6.07, 6.45) is 2.64. The summed E-state index contributed by atoms with van der Waals surface area (Å²) in [6.45, 7) is 1.39. The first-order valence-electron chi connectivity index (χ1n) is 14.0. The van der Waals surface area contributed by atoms with E-state index < -0.39 is 0 Å². The van der Waals surface area contributed by atoms with E-state index in [9.17, 15) is 19.2 Å². The maximum atomic E-state index is 13.6. The van der Waals surface area contributed by atoms with Crippen LogP contribution in [0.25, 0.3) is 22.5 Å². The van der Waals surface area contributed by atoms with Gasteiger partial charge in [-0.3, -0.25) is 19.2 Å². The van der Waals surface area contributed by atoms with Crippen molar-refractivity contribution in [1.82, 2.24) is 30.9 Å². The van der Waals surface area contributed by atoms with Gasteiger partial charge in [0, 0.05) is 43.8 Å². The van der Waals surface area contributed by atoms with Crippen LogP contribution >= 0.6 is 11.8 Å². The summed E-state index contributed by atoms with van der Waals surface area (Å²) in [4.78, 5) is 50.4. The molecule has 0 fully saturated rings. The normalized spacial score (nSPS) is 11.8. The van der Waals surface area contributed by atoms with Crippen LogP contribution in [0.1, 0.15) is 18.4 Å². The highest BCUT2D eigenvalue weighted by molar-refractivity contribution is 8.12. The lowest BCUT2D eigenvalue weighted by atomic mass is 9.95. The van der Waals surface area contributed by atoms with Crippen molar-refractivity contribution in [1.29, 1.82) is 0 Å². The zero-order valence-electron chi connectivity index (χ0n) is 24.0. The molecule has 4 amide bonds. The van der Waals surface area contributed by atoms with Crippen LogP contribution in [0.3, 0.4) is 0 Å². The number of nitrogens with one attached hydrogen (secondary N) is 3. The fraction of sp³-hybridized carbons (Fsp3) is 0.379. The third-order valence-electron chi connectivity index (χ3n) is 6.69. The molecule has 43 heavy (non-hydrogen) atoms. The topological polar surface area (TPSA) is 148 Å². The standard InChI is InChI=1S/C29H34BN7O5S/c1-43-29(41)33-17-24(38)31-13-6-16-42-19-25(39)32-14-11-26(40)36-18-20-7-2-3-8-21(20)28-27(34-35-37(28)15-12-30)22-9-4-5-10-23(22)36/h2-5,7-10H,6,11-19H2,1H3,(H,31,38)(H,32,39)(H,33,41). The van der Waals surface area contributed by atoms with E-state index in [1.165, 1.54) is 0 Å². The fourth-order valence-electron chi connectivity index (χ4n) is 4.67. The van der Waals surface area contributed by atoms with Crippen LogP contribution in [0, 0.1) is 0 Å². The van der Waals surface area contributed by atoms with Crippen molar-refractivity contribution < 1.29 is 23.9 Å². The van der Waals surface area contributed by atoms with Crippen molar-refractivity contribution in [2.75, 3.05) is 44.0 Å². The van der Waals surface area contributed by atoms with Crippen molar-refractivity contribution >= 4 is 48.3 Å². The Morgan fingerprint density at radius 3 is 2.51 bits per heavy atom. The summed E-state index contributed by atoms with van der Waals surface area (Å²) in [5.41, 5.74) is 4.95. The highest BCUT2D eigenvalue weighted by atomic mass is 32.2. The number of thioether (sulfide) groups is 1. The number of carbonyl (C=O) groups is 4. The second-order valence-corrected chi connectivity index (χ2v) is 10.4. The molecule has 0 saturated carbocycles. The molecule has 0 aliphatic carbocycles. The largest absolute Gasteiger partial charge is 0.372 e. The Morgan fingerprint density at radius 2 is 1.72 bits per heavy atom. The summed E-state index contributed by atoms with van der Waals surface area (Å²) < 4.78 is 7.19. The molecule has 1 aliphatic rings. The molecule has 4 rings (SSSR count). The Balaban J connectivity index is 1.30. The third kappa shape index (κ3) is 8.45. The van der Waals surface area contributed by atoms with Gasteiger partial charge in [-0.2, -0.15) is 0 Å². The van der Waals surface area contributed by atoms with Crippen molar-refractivity contribution in [3.8, 4) is 22.5 Å². The van der Waals surface area contributed by atoms with Crippen LogP contribution in [0.5, 0.6) is 0 Å². The molecule has 14 heteroatoms. The van der Waals surface area contributed by atoms with Crippen LogP contribution in [0.4, 0.5) is 10.5 Å². The first-order chi connectivity index (χ1) is 20.9. The van der Waals surface area contributed by atoms with Crippen molar-refractivity contribution in [2.24, 2.45) is 0 Å². The predicted molar refractivity (Wildman–Crippen MR) is 166 cm³/mol. The summed E-state index contributed by atoms with van der Waals surface area (Å²) in [7, 11) is 5.84. The van der Waals surface area contributed by atoms with Crippen molar-refractivity contribution in [3.63, 3.8) is 0 Å². The van der Waals surface area contributed by atoms with Gasteiger partial charge < -0.3 is 25.6 Å². The van der Waals surface area contributed by atoms with E-state index in [1.54, 1.807) is 11.2 Å². The van der Waals surface area contributed by atoms with Gasteiger partial charge in [0.2, 0.25) is 17.7 Å². The molecular formula is C29H34BN7O5S. The monoisotopic (exact) mass is 603 g/mol. The molecule has 2 heterocycles. The summed E-state index contributed by atoms with van der Waals surface area (Å²) in [5, 5.41) is 16.4. The van der Waals surface area contributed by atoms with Gasteiger partial charge in [0.05, 0.1) is 32.3 Å². The molecule has 12 nitrogen and oxygen atoms in total. The Morgan fingerprint density at radius 1 is 0.977 bits per heavy atom. The number of hydrogen-bond acceptors (Lipinski definition) is 8. The SMILES string of the molecule is [B]CCn1nnc2c1-c1ccccc1CN(C(=O)CCNC(=O)COCCCNC(=O)CNC(=O)SC)c1ccccc1-2. The van der Waals surface area contributed by atoms with Gasteiger partial charge in [-0.1, -0.05) is 65.8 Å². The highest BCUT2D eigenvalue weighted by Crippen LogP contribution is 2.41. The van der Waals surface area contributed by atoms with Gasteiger partial charge in [0.25, 0.3) is 5.24 Å². The Labute approximate surface area is 255 Å². The number of aryl methyl sites for hydroxylation is 1. The van der Waals surface area contributed by atoms with Crippen LogP contribution in [-0.4, -0.2) is 84.9 Å². The summed E-state index contributed by atoms with van der Waals surface area (Å²) in [5.74, 6) is -0.781. The number of para-hydroxylation sites is 1. The molecule has 3 N–H and O–H groups in total. The average Bonchev–Trinajstić information content (AvgIpc) is 3.42. The Hall–Kier alpha value is -4.17. The molecule has 3 aromatic rings. The number of hydrogen-bond donors (Lipinski definition) is 3. The number of carbonyl (C=O) groups excluding carboxylic acids is 4. The molecule has 0 spiro atoms. The lowest BCUT2D eigenvalue weighted by Crippen LogP contribution is -2.36. The molecule has 0 saturated heterocycles. The van der Waals surface area contributed by atoms with Crippen LogP contribution in [-0.2, 0) is 32.2 Å². The van der Waals surface area contributed by atoms with Crippen molar-refractivity contribution in [2.45, 2.75) is 32.3 Å². The van der Waals surface area contributed by atoms with Gasteiger partial charge in [-0.25, -0.2) is 4.68 Å². The van der Waals surface area contributed by atoms with Crippen molar-refractivity contribution in [3.05, 3.63) is 54.1 Å². The molecular weight excluding hydrogens is 569 g/mol. The smallest absolute Gasteiger partial charge is 0.279 e. The molecule has 224 valence electrons. The fourth-order valence-corrected chi connectivity index (χ4v) is 4.88.